The molecule has 2 rings (SSSR count). The standard InChI is InChI=1S/C16H21N3O2/c1-12(7-9-20)10-18-16(21)19-11-14-5-2-4-13-6-3-8-17-15(13)14/h2-6,8,12,20H,7,9-11H2,1H3,(H2,18,19,21). The molecule has 0 saturated heterocycles. The Labute approximate surface area is 124 Å². The van der Waals surface area contributed by atoms with Crippen molar-refractivity contribution in [3.63, 3.8) is 0 Å². The SMILES string of the molecule is CC(CCO)CNC(=O)NCc1cccc2cccnc12. The van der Waals surface area contributed by atoms with Crippen LogP contribution in [0.25, 0.3) is 10.9 Å². The lowest BCUT2D eigenvalue weighted by molar-refractivity contribution is 0.233. The van der Waals surface area contributed by atoms with Gasteiger partial charge in [0.25, 0.3) is 0 Å². The van der Waals surface area contributed by atoms with Crippen LogP contribution in [0.2, 0.25) is 0 Å². The summed E-state index contributed by atoms with van der Waals surface area (Å²) < 4.78 is 0. The number of nitrogens with one attached hydrogen (secondary N) is 2. The van der Waals surface area contributed by atoms with Crippen LogP contribution in [0.5, 0.6) is 0 Å². The Morgan fingerprint density at radius 3 is 2.90 bits per heavy atom. The molecule has 0 radical (unpaired) electrons. The summed E-state index contributed by atoms with van der Waals surface area (Å²) in [4.78, 5) is 16.1. The molecule has 0 bridgehead atoms. The first-order valence-electron chi connectivity index (χ1n) is 7.16. The summed E-state index contributed by atoms with van der Waals surface area (Å²) >= 11 is 0. The smallest absolute Gasteiger partial charge is 0.315 e. The zero-order valence-electron chi connectivity index (χ0n) is 12.2. The Hall–Kier alpha value is -2.14. The normalized spacial score (nSPS) is 12.1. The highest BCUT2D eigenvalue weighted by atomic mass is 16.3. The molecule has 0 aliphatic heterocycles. The summed E-state index contributed by atoms with van der Waals surface area (Å²) in [5.74, 6) is 0.264. The molecule has 1 aromatic heterocycles. The molecular weight excluding hydrogens is 266 g/mol. The van der Waals surface area contributed by atoms with E-state index in [2.05, 4.69) is 15.6 Å². The summed E-state index contributed by atoms with van der Waals surface area (Å²) in [7, 11) is 0. The van der Waals surface area contributed by atoms with Crippen LogP contribution in [0.15, 0.2) is 36.5 Å². The Morgan fingerprint density at radius 2 is 2.10 bits per heavy atom. The van der Waals surface area contributed by atoms with E-state index in [1.165, 1.54) is 0 Å². The van der Waals surface area contributed by atoms with Gasteiger partial charge in [0.15, 0.2) is 0 Å². The fraction of sp³-hybridized carbons (Fsp3) is 0.375. The van der Waals surface area contributed by atoms with Crippen LogP contribution in [0.1, 0.15) is 18.9 Å². The second-order valence-electron chi connectivity index (χ2n) is 5.17. The number of hydrogen-bond donors (Lipinski definition) is 3. The highest BCUT2D eigenvalue weighted by molar-refractivity contribution is 5.82. The van der Waals surface area contributed by atoms with Gasteiger partial charge >= 0.3 is 6.03 Å². The second-order valence-corrected chi connectivity index (χ2v) is 5.17. The zero-order valence-corrected chi connectivity index (χ0v) is 12.2. The largest absolute Gasteiger partial charge is 0.396 e. The van der Waals surface area contributed by atoms with Gasteiger partial charge in [0.05, 0.1) is 5.52 Å². The third kappa shape index (κ3) is 4.43. The van der Waals surface area contributed by atoms with Crippen molar-refractivity contribution in [3.8, 4) is 0 Å². The molecule has 0 fully saturated rings. The van der Waals surface area contributed by atoms with Crippen molar-refractivity contribution in [1.82, 2.24) is 15.6 Å². The van der Waals surface area contributed by atoms with Crippen molar-refractivity contribution < 1.29 is 9.90 Å². The molecule has 0 spiro atoms. The minimum atomic E-state index is -0.201. The van der Waals surface area contributed by atoms with Gasteiger partial charge in [0.2, 0.25) is 0 Å². The second kappa shape index (κ2) is 7.59. The van der Waals surface area contributed by atoms with Gasteiger partial charge in [-0.1, -0.05) is 31.2 Å². The highest BCUT2D eigenvalue weighted by Gasteiger charge is 2.06. The summed E-state index contributed by atoms with van der Waals surface area (Å²) in [5.41, 5.74) is 1.90. The third-order valence-electron chi connectivity index (χ3n) is 3.39. The lowest BCUT2D eigenvalue weighted by Gasteiger charge is -2.12. The van der Waals surface area contributed by atoms with Gasteiger partial charge in [-0.15, -0.1) is 0 Å². The number of amides is 2. The summed E-state index contributed by atoms with van der Waals surface area (Å²) in [6.45, 7) is 3.13. The van der Waals surface area contributed by atoms with Crippen LogP contribution in [-0.2, 0) is 6.54 Å². The molecular formula is C16H21N3O2. The molecule has 21 heavy (non-hydrogen) atoms. The molecule has 1 unspecified atom stereocenters. The average molecular weight is 287 g/mol. The number of para-hydroxylation sites is 1. The first-order chi connectivity index (χ1) is 10.2. The number of aliphatic hydroxyl groups is 1. The molecule has 5 nitrogen and oxygen atoms in total. The Bertz CT molecular complexity index is 596. The monoisotopic (exact) mass is 287 g/mol. The number of urea groups is 1. The van der Waals surface area contributed by atoms with Gasteiger partial charge < -0.3 is 15.7 Å². The molecule has 1 heterocycles. The van der Waals surface area contributed by atoms with E-state index in [-0.39, 0.29) is 18.6 Å². The van der Waals surface area contributed by atoms with E-state index in [1.54, 1.807) is 6.20 Å². The quantitative estimate of drug-likeness (QED) is 0.761. The van der Waals surface area contributed by atoms with Crippen molar-refractivity contribution in [2.24, 2.45) is 5.92 Å². The first-order valence-corrected chi connectivity index (χ1v) is 7.16. The van der Waals surface area contributed by atoms with Crippen LogP contribution in [0.4, 0.5) is 4.79 Å². The molecule has 2 amide bonds. The lowest BCUT2D eigenvalue weighted by atomic mass is 10.1. The number of pyridine rings is 1. The van der Waals surface area contributed by atoms with E-state index in [1.807, 2.05) is 37.3 Å². The van der Waals surface area contributed by atoms with Gasteiger partial charge in [-0.05, 0) is 24.0 Å². The van der Waals surface area contributed by atoms with E-state index in [4.69, 9.17) is 5.11 Å². The van der Waals surface area contributed by atoms with E-state index >= 15 is 0 Å². The predicted molar refractivity (Wildman–Crippen MR) is 82.8 cm³/mol. The first kappa shape index (κ1) is 15.3. The summed E-state index contributed by atoms with van der Waals surface area (Å²) in [5, 5.41) is 15.5. The average Bonchev–Trinajstić information content (AvgIpc) is 2.51. The Morgan fingerprint density at radius 1 is 1.29 bits per heavy atom. The maximum Gasteiger partial charge on any atom is 0.315 e. The molecule has 2 aromatic rings. The van der Waals surface area contributed by atoms with Crippen LogP contribution in [0.3, 0.4) is 0 Å². The van der Waals surface area contributed by atoms with E-state index in [0.29, 0.717) is 19.5 Å². The topological polar surface area (TPSA) is 74.2 Å². The van der Waals surface area contributed by atoms with Crippen LogP contribution < -0.4 is 10.6 Å². The molecule has 112 valence electrons. The fourth-order valence-electron chi connectivity index (χ4n) is 2.14. The fourth-order valence-corrected chi connectivity index (χ4v) is 2.14. The van der Waals surface area contributed by atoms with E-state index < -0.39 is 0 Å². The number of benzene rings is 1. The summed E-state index contributed by atoms with van der Waals surface area (Å²) in [6, 6.07) is 9.62. The number of carbonyl (C=O) groups is 1. The van der Waals surface area contributed by atoms with Gasteiger partial charge in [0, 0.05) is 31.3 Å². The Kier molecular flexibility index (Phi) is 5.51. The van der Waals surface area contributed by atoms with E-state index in [9.17, 15) is 4.79 Å². The van der Waals surface area contributed by atoms with Crippen LogP contribution in [0, 0.1) is 5.92 Å². The van der Waals surface area contributed by atoms with Gasteiger partial charge in [-0.2, -0.15) is 0 Å². The van der Waals surface area contributed by atoms with Crippen molar-refractivity contribution >= 4 is 16.9 Å². The Balaban J connectivity index is 1.88. The van der Waals surface area contributed by atoms with Crippen LogP contribution in [-0.4, -0.2) is 29.3 Å². The number of aliphatic hydroxyl groups excluding tert-OH is 1. The van der Waals surface area contributed by atoms with Crippen molar-refractivity contribution in [1.29, 1.82) is 0 Å². The zero-order chi connectivity index (χ0) is 15.1. The maximum absolute atomic E-state index is 11.8. The lowest BCUT2D eigenvalue weighted by Crippen LogP contribution is -2.37. The predicted octanol–water partition coefficient (Wildman–Crippen LogP) is 2.05. The maximum atomic E-state index is 11.8. The summed E-state index contributed by atoms with van der Waals surface area (Å²) in [6.07, 6.45) is 2.44. The molecule has 0 saturated carbocycles. The number of rotatable bonds is 6. The van der Waals surface area contributed by atoms with Gasteiger partial charge in [-0.3, -0.25) is 4.98 Å². The number of nitrogens with zero attached hydrogens (tertiary/aromatic N) is 1. The van der Waals surface area contributed by atoms with Crippen LogP contribution >= 0.6 is 0 Å². The molecule has 3 N–H and O–H groups in total. The molecule has 1 atom stereocenters. The highest BCUT2D eigenvalue weighted by Crippen LogP contribution is 2.15. The molecule has 1 aromatic carbocycles. The van der Waals surface area contributed by atoms with Crippen molar-refractivity contribution in [2.45, 2.75) is 19.9 Å². The van der Waals surface area contributed by atoms with Gasteiger partial charge in [0.1, 0.15) is 0 Å². The molecule has 0 aliphatic rings. The number of hydrogen-bond acceptors (Lipinski definition) is 3. The number of carbonyl (C=O) groups excluding carboxylic acids is 1. The van der Waals surface area contributed by atoms with Crippen molar-refractivity contribution in [3.05, 3.63) is 42.1 Å². The minimum absolute atomic E-state index is 0.145. The number of fused-ring (bicyclic) bond motifs is 1. The third-order valence-corrected chi connectivity index (χ3v) is 3.39. The minimum Gasteiger partial charge on any atom is -0.396 e. The van der Waals surface area contributed by atoms with Gasteiger partial charge in [-0.25, -0.2) is 4.79 Å². The van der Waals surface area contributed by atoms with E-state index in [0.717, 1.165) is 16.5 Å². The number of aromatic nitrogens is 1. The van der Waals surface area contributed by atoms with Crippen molar-refractivity contribution in [2.75, 3.05) is 13.2 Å². The molecule has 0 aliphatic carbocycles. The molecule has 5 heteroatoms.